The van der Waals surface area contributed by atoms with Crippen molar-refractivity contribution in [1.29, 1.82) is 0 Å². The van der Waals surface area contributed by atoms with E-state index in [0.29, 0.717) is 18.0 Å². The molecule has 3 aromatic rings. The first-order valence-electron chi connectivity index (χ1n) is 10.3. The van der Waals surface area contributed by atoms with Crippen molar-refractivity contribution in [3.8, 4) is 5.75 Å². The lowest BCUT2D eigenvalue weighted by Crippen LogP contribution is -2.38. The standard InChI is InChI=1S/C24H26N2O4/c1-3-26(14-23(27)25-19-8-5-9-20(13-19)29-2)24(28)12-18-15-30-22-11-17-7-4-6-16(17)10-21(18)22/h5,8-11,13,15H,3-4,6-7,12,14H2,1-2H3,(H,25,27). The lowest BCUT2D eigenvalue weighted by Gasteiger charge is -2.20. The van der Waals surface area contributed by atoms with Gasteiger partial charge >= 0.3 is 0 Å². The van der Waals surface area contributed by atoms with Crippen LogP contribution in [0.3, 0.4) is 0 Å². The Morgan fingerprint density at radius 2 is 1.97 bits per heavy atom. The Bertz CT molecular complexity index is 1090. The first kappa shape index (κ1) is 20.0. The van der Waals surface area contributed by atoms with Crippen molar-refractivity contribution >= 4 is 28.5 Å². The smallest absolute Gasteiger partial charge is 0.243 e. The number of rotatable bonds is 7. The van der Waals surface area contributed by atoms with Crippen molar-refractivity contribution in [3.63, 3.8) is 0 Å². The van der Waals surface area contributed by atoms with Gasteiger partial charge in [0.25, 0.3) is 0 Å². The van der Waals surface area contributed by atoms with E-state index in [1.807, 2.05) is 13.0 Å². The summed E-state index contributed by atoms with van der Waals surface area (Å²) in [4.78, 5) is 26.9. The van der Waals surface area contributed by atoms with Crippen molar-refractivity contribution in [2.24, 2.45) is 0 Å². The maximum Gasteiger partial charge on any atom is 0.243 e. The van der Waals surface area contributed by atoms with Gasteiger partial charge in [-0.25, -0.2) is 0 Å². The zero-order valence-electron chi connectivity index (χ0n) is 17.4. The van der Waals surface area contributed by atoms with Gasteiger partial charge in [0.1, 0.15) is 11.3 Å². The number of anilines is 1. The van der Waals surface area contributed by atoms with Crippen molar-refractivity contribution < 1.29 is 18.7 Å². The fraction of sp³-hybridized carbons (Fsp3) is 0.333. The van der Waals surface area contributed by atoms with Crippen LogP contribution >= 0.6 is 0 Å². The number of carbonyl (C=O) groups excluding carboxylic acids is 2. The molecule has 6 nitrogen and oxygen atoms in total. The highest BCUT2D eigenvalue weighted by Gasteiger charge is 2.20. The molecule has 0 fully saturated rings. The minimum Gasteiger partial charge on any atom is -0.497 e. The molecule has 1 aromatic heterocycles. The van der Waals surface area contributed by atoms with Crippen LogP contribution in [0.2, 0.25) is 0 Å². The second-order valence-electron chi connectivity index (χ2n) is 7.60. The number of hydrogen-bond donors (Lipinski definition) is 1. The summed E-state index contributed by atoms with van der Waals surface area (Å²) in [6.07, 6.45) is 5.22. The maximum absolute atomic E-state index is 12.9. The van der Waals surface area contributed by atoms with E-state index in [4.69, 9.17) is 9.15 Å². The molecule has 0 atom stereocenters. The topological polar surface area (TPSA) is 71.8 Å². The zero-order chi connectivity index (χ0) is 21.1. The molecule has 30 heavy (non-hydrogen) atoms. The Labute approximate surface area is 175 Å². The highest BCUT2D eigenvalue weighted by Crippen LogP contribution is 2.30. The lowest BCUT2D eigenvalue weighted by molar-refractivity contribution is -0.133. The van der Waals surface area contributed by atoms with Gasteiger partial charge in [0, 0.05) is 29.2 Å². The summed E-state index contributed by atoms with van der Waals surface area (Å²) in [6, 6.07) is 11.4. The molecule has 0 bridgehead atoms. The van der Waals surface area contributed by atoms with Gasteiger partial charge in [0.05, 0.1) is 26.3 Å². The van der Waals surface area contributed by atoms with Gasteiger partial charge in [-0.2, -0.15) is 0 Å². The summed E-state index contributed by atoms with van der Waals surface area (Å²) in [7, 11) is 1.58. The van der Waals surface area contributed by atoms with E-state index in [2.05, 4.69) is 17.4 Å². The molecule has 0 saturated heterocycles. The van der Waals surface area contributed by atoms with Gasteiger partial charge in [0.15, 0.2) is 0 Å². The van der Waals surface area contributed by atoms with E-state index in [1.165, 1.54) is 17.5 Å². The van der Waals surface area contributed by atoms with E-state index >= 15 is 0 Å². The first-order chi connectivity index (χ1) is 14.6. The van der Waals surface area contributed by atoms with Crippen LogP contribution in [0.4, 0.5) is 5.69 Å². The highest BCUT2D eigenvalue weighted by molar-refractivity contribution is 5.95. The van der Waals surface area contributed by atoms with E-state index in [9.17, 15) is 9.59 Å². The third kappa shape index (κ3) is 4.17. The third-order valence-electron chi connectivity index (χ3n) is 5.63. The van der Waals surface area contributed by atoms with Crippen LogP contribution in [0, 0.1) is 0 Å². The molecule has 1 aliphatic rings. The van der Waals surface area contributed by atoms with Gasteiger partial charge in [-0.3, -0.25) is 9.59 Å². The molecule has 1 aliphatic carbocycles. The molecule has 2 aromatic carbocycles. The number of fused-ring (bicyclic) bond motifs is 2. The number of hydrogen-bond acceptors (Lipinski definition) is 4. The predicted octanol–water partition coefficient (Wildman–Crippen LogP) is 3.96. The van der Waals surface area contributed by atoms with E-state index in [-0.39, 0.29) is 24.8 Å². The van der Waals surface area contributed by atoms with Crippen LogP contribution in [0.5, 0.6) is 5.75 Å². The molecular weight excluding hydrogens is 380 g/mol. The van der Waals surface area contributed by atoms with Crippen LogP contribution in [0.25, 0.3) is 11.0 Å². The quantitative estimate of drug-likeness (QED) is 0.645. The molecule has 0 saturated carbocycles. The average Bonchev–Trinajstić information content (AvgIpc) is 3.36. The summed E-state index contributed by atoms with van der Waals surface area (Å²) in [5, 5.41) is 3.82. The number of methoxy groups -OCH3 is 1. The molecule has 1 heterocycles. The van der Waals surface area contributed by atoms with Gasteiger partial charge < -0.3 is 19.4 Å². The Hall–Kier alpha value is -3.28. The van der Waals surface area contributed by atoms with E-state index in [0.717, 1.165) is 29.4 Å². The number of carbonyl (C=O) groups is 2. The fourth-order valence-corrected chi connectivity index (χ4v) is 4.01. The van der Waals surface area contributed by atoms with Crippen molar-refractivity contribution in [3.05, 3.63) is 59.4 Å². The second-order valence-corrected chi connectivity index (χ2v) is 7.60. The van der Waals surface area contributed by atoms with Gasteiger partial charge in [0.2, 0.25) is 11.8 Å². The molecule has 0 spiro atoms. The largest absolute Gasteiger partial charge is 0.497 e. The van der Waals surface area contributed by atoms with Gasteiger partial charge in [-0.05, 0) is 61.6 Å². The number of nitrogens with zero attached hydrogens (tertiary/aromatic N) is 1. The Balaban J connectivity index is 1.42. The number of furan rings is 1. The van der Waals surface area contributed by atoms with E-state index < -0.39 is 0 Å². The number of aryl methyl sites for hydroxylation is 2. The summed E-state index contributed by atoms with van der Waals surface area (Å²) < 4.78 is 10.9. The SMILES string of the molecule is CCN(CC(=O)Nc1cccc(OC)c1)C(=O)Cc1coc2cc3c(cc12)CCC3. The number of nitrogens with one attached hydrogen (secondary N) is 1. The molecule has 156 valence electrons. The van der Waals surface area contributed by atoms with Crippen LogP contribution in [0.15, 0.2) is 47.1 Å². The van der Waals surface area contributed by atoms with Crippen molar-refractivity contribution in [2.75, 3.05) is 25.5 Å². The molecule has 4 rings (SSSR count). The van der Waals surface area contributed by atoms with Crippen molar-refractivity contribution in [2.45, 2.75) is 32.6 Å². The zero-order valence-corrected chi connectivity index (χ0v) is 17.4. The Kier molecular flexibility index (Phi) is 5.74. The first-order valence-corrected chi connectivity index (χ1v) is 10.3. The normalized spacial score (nSPS) is 12.6. The minimum atomic E-state index is -0.242. The van der Waals surface area contributed by atoms with Crippen LogP contribution in [0.1, 0.15) is 30.0 Å². The van der Waals surface area contributed by atoms with Crippen LogP contribution in [-0.2, 0) is 28.9 Å². The Morgan fingerprint density at radius 1 is 1.17 bits per heavy atom. The maximum atomic E-state index is 12.9. The summed E-state index contributed by atoms with van der Waals surface area (Å²) >= 11 is 0. The highest BCUT2D eigenvalue weighted by atomic mass is 16.5. The number of amides is 2. The Morgan fingerprint density at radius 3 is 2.73 bits per heavy atom. The van der Waals surface area contributed by atoms with Gasteiger partial charge in [-0.1, -0.05) is 6.07 Å². The number of ether oxygens (including phenoxy) is 1. The molecule has 1 N–H and O–H groups in total. The number of likely N-dealkylation sites (N-methyl/N-ethyl adjacent to an activating group) is 1. The van der Waals surface area contributed by atoms with Gasteiger partial charge in [-0.15, -0.1) is 0 Å². The van der Waals surface area contributed by atoms with Crippen LogP contribution in [-0.4, -0.2) is 36.9 Å². The summed E-state index contributed by atoms with van der Waals surface area (Å²) in [5.41, 5.74) is 5.04. The minimum absolute atomic E-state index is 0.00226. The molecule has 2 amide bonds. The monoisotopic (exact) mass is 406 g/mol. The number of benzene rings is 2. The summed E-state index contributed by atoms with van der Waals surface area (Å²) in [5.74, 6) is 0.323. The second kappa shape index (κ2) is 8.61. The molecule has 0 unspecified atom stereocenters. The van der Waals surface area contributed by atoms with Crippen molar-refractivity contribution in [1.82, 2.24) is 4.90 Å². The van der Waals surface area contributed by atoms with E-state index in [1.54, 1.807) is 36.5 Å². The lowest BCUT2D eigenvalue weighted by atomic mass is 10.0. The predicted molar refractivity (Wildman–Crippen MR) is 116 cm³/mol. The summed E-state index contributed by atoms with van der Waals surface area (Å²) in [6.45, 7) is 2.32. The molecule has 0 radical (unpaired) electrons. The average molecular weight is 406 g/mol. The fourth-order valence-electron chi connectivity index (χ4n) is 4.01. The molecule has 6 heteroatoms. The molecular formula is C24H26N2O4. The molecule has 0 aliphatic heterocycles. The third-order valence-corrected chi connectivity index (χ3v) is 5.63. The van der Waals surface area contributed by atoms with Crippen LogP contribution < -0.4 is 10.1 Å².